The van der Waals surface area contributed by atoms with Crippen LogP contribution in [0.4, 0.5) is 26.0 Å². The molecular weight excluding hydrogens is 976 g/mol. The van der Waals surface area contributed by atoms with Gasteiger partial charge in [0.25, 0.3) is 0 Å². The highest BCUT2D eigenvalue weighted by molar-refractivity contribution is 7.16. The number of carbonyl (C=O) groups excluding carboxylic acids is 3. The molecule has 0 spiro atoms. The molecule has 0 unspecified atom stereocenters. The highest BCUT2D eigenvalue weighted by atomic mass is 32.1. The van der Waals surface area contributed by atoms with Gasteiger partial charge in [-0.2, -0.15) is 4.99 Å². The monoisotopic (exact) mass is 1050 g/mol. The van der Waals surface area contributed by atoms with Gasteiger partial charge >= 0.3 is 18.0 Å². The molecule has 390 valence electrons. The number of aromatic nitrogens is 4. The predicted molar refractivity (Wildman–Crippen MR) is 285 cm³/mol. The van der Waals surface area contributed by atoms with Crippen molar-refractivity contribution in [3.63, 3.8) is 0 Å². The molecule has 3 aromatic heterocycles. The molecule has 3 heterocycles. The van der Waals surface area contributed by atoms with Gasteiger partial charge in [0.15, 0.2) is 45.4 Å². The van der Waals surface area contributed by atoms with Crippen LogP contribution in [0, 0.1) is 24.6 Å². The molecule has 20 heteroatoms. The van der Waals surface area contributed by atoms with E-state index in [0.717, 1.165) is 52.4 Å². The van der Waals surface area contributed by atoms with Gasteiger partial charge < -0.3 is 38.0 Å². The second-order valence-corrected chi connectivity index (χ2v) is 28.0. The number of aryl methyl sites for hydroxylation is 2. The summed E-state index contributed by atoms with van der Waals surface area (Å²) in [6.45, 7) is 19.4. The number of hydrogen-bond donors (Lipinski definition) is 0. The van der Waals surface area contributed by atoms with E-state index in [2.05, 4.69) is 53.3 Å². The molecule has 72 heavy (non-hydrogen) atoms. The molecule has 2 aromatic carbocycles. The van der Waals surface area contributed by atoms with Crippen LogP contribution in [0.1, 0.15) is 79.9 Å². The highest BCUT2D eigenvalue weighted by Crippen LogP contribution is 2.34. The largest absolute Gasteiger partial charge is 0.491 e. The number of methoxy groups -OCH3 is 1. The third kappa shape index (κ3) is 17.8. The lowest BCUT2D eigenvalue weighted by Crippen LogP contribution is -2.45. The topological polar surface area (TPSA) is 160 Å². The van der Waals surface area contributed by atoms with Crippen molar-refractivity contribution in [3.05, 3.63) is 80.8 Å². The summed E-state index contributed by atoms with van der Waals surface area (Å²) < 4.78 is 46.6. The van der Waals surface area contributed by atoms with Crippen LogP contribution in [0.15, 0.2) is 53.5 Å². The zero-order chi connectivity index (χ0) is 52.6. The zero-order valence-electron chi connectivity index (χ0n) is 44.1. The Morgan fingerprint density at radius 3 is 2.44 bits per heavy atom. The van der Waals surface area contributed by atoms with E-state index < -0.39 is 31.6 Å². The second-order valence-electron chi connectivity index (χ2n) is 20.3. The van der Waals surface area contributed by atoms with Crippen LogP contribution >= 0.6 is 22.7 Å². The van der Waals surface area contributed by atoms with Crippen LogP contribution in [0.3, 0.4) is 0 Å². The SMILES string of the molecule is CCOC(=O)C[N+](C)(C)CCCCCN(c1cc(C)c(/N=c2\sc3ccccc3n2COCC[Si](C)(C)C)nn1)c1nc(C(=O)OC)c(CCCOc2ccc(C#CCN(C)C(=O)OC(C)(C)C)cc2F)s1. The molecule has 0 bridgehead atoms. The van der Waals surface area contributed by atoms with Crippen LogP contribution in [-0.2, 0) is 36.9 Å². The fourth-order valence-corrected chi connectivity index (χ4v) is 10.0. The quantitative estimate of drug-likeness (QED) is 0.0144. The number of hydrogen-bond acceptors (Lipinski definition) is 15. The Morgan fingerprint density at radius 1 is 0.986 bits per heavy atom. The van der Waals surface area contributed by atoms with Gasteiger partial charge in [-0.3, -0.25) is 4.57 Å². The standard InChI is InChI=1S/C52H72FN8O8S2Si/c1-13-67-45(62)35-61(7,8)29-18-14-17-28-59(44-33-37(2)47(57-56-44)55-50-60(36-66-31-32-72(10,11)12)40-22-15-16-23-42(40)70-50)49-54-46(48(63)65-9)43(71-49)24-20-30-68-41-26-25-38(34-39(41)53)21-19-27-58(6)51(64)69-52(3,4)5/h15-16,22-23,25-26,33-34H,13-14,17-18,20,24,27-32,35-36H2,1-12H3/q+1/b55-50-. The summed E-state index contributed by atoms with van der Waals surface area (Å²) in [5.41, 5.74) is 1.82. The van der Waals surface area contributed by atoms with Crippen molar-refractivity contribution in [2.75, 3.05) is 79.2 Å². The Balaban J connectivity index is 1.35. The molecule has 0 fully saturated rings. The average Bonchev–Trinajstić information content (AvgIpc) is 3.88. The summed E-state index contributed by atoms with van der Waals surface area (Å²) in [7, 11) is 5.67. The lowest BCUT2D eigenvalue weighted by molar-refractivity contribution is -0.883. The first kappa shape index (κ1) is 57.2. The first-order valence-electron chi connectivity index (χ1n) is 24.3. The number of para-hydroxylation sites is 1. The third-order valence-electron chi connectivity index (χ3n) is 11.0. The highest BCUT2D eigenvalue weighted by Gasteiger charge is 2.26. The van der Waals surface area contributed by atoms with Gasteiger partial charge in [-0.25, -0.2) is 23.8 Å². The van der Waals surface area contributed by atoms with E-state index in [9.17, 15) is 14.4 Å². The van der Waals surface area contributed by atoms with Crippen molar-refractivity contribution in [3.8, 4) is 17.6 Å². The number of ether oxygens (including phenoxy) is 5. The molecule has 0 saturated heterocycles. The van der Waals surface area contributed by atoms with Crippen molar-refractivity contribution in [1.82, 2.24) is 24.6 Å². The molecule has 16 nitrogen and oxygen atoms in total. The van der Waals surface area contributed by atoms with Crippen molar-refractivity contribution in [2.45, 2.75) is 105 Å². The van der Waals surface area contributed by atoms with Crippen LogP contribution in [0.5, 0.6) is 5.75 Å². The summed E-state index contributed by atoms with van der Waals surface area (Å²) >= 11 is 2.92. The molecule has 0 aliphatic rings. The number of unbranched alkanes of at least 4 members (excludes halogenated alkanes) is 2. The number of likely N-dealkylation sites (N-methyl/N-ethyl adjacent to an activating group) is 1. The summed E-state index contributed by atoms with van der Waals surface area (Å²) in [5, 5.41) is 9.93. The molecule has 5 rings (SSSR count). The Bertz CT molecular complexity index is 2770. The lowest BCUT2D eigenvalue weighted by Gasteiger charge is -2.28. The number of nitrogens with zero attached hydrogens (tertiary/aromatic N) is 8. The number of halogens is 1. The van der Waals surface area contributed by atoms with Crippen LogP contribution in [0.2, 0.25) is 25.7 Å². The average molecular weight is 1050 g/mol. The fourth-order valence-electron chi connectivity index (χ4n) is 7.15. The Hall–Kier alpha value is -5.72. The number of esters is 2. The Labute approximate surface area is 432 Å². The first-order valence-corrected chi connectivity index (χ1v) is 29.6. The molecule has 0 aliphatic carbocycles. The summed E-state index contributed by atoms with van der Waals surface area (Å²) in [6, 6.07) is 15.6. The summed E-state index contributed by atoms with van der Waals surface area (Å²) in [6.07, 6.45) is 2.81. The normalized spacial score (nSPS) is 12.1. The fraction of sp³-hybridized carbons (Fsp3) is 0.519. The first-order chi connectivity index (χ1) is 34.1. The van der Waals surface area contributed by atoms with E-state index in [1.165, 1.54) is 35.5 Å². The van der Waals surface area contributed by atoms with Crippen molar-refractivity contribution < 1.29 is 46.9 Å². The van der Waals surface area contributed by atoms with E-state index in [-0.39, 0.29) is 37.1 Å². The number of anilines is 2. The van der Waals surface area contributed by atoms with Gasteiger partial charge in [0.1, 0.15) is 12.3 Å². The summed E-state index contributed by atoms with van der Waals surface area (Å²) in [5.74, 6) is 5.47. The molecule has 0 atom stereocenters. The molecule has 0 N–H and O–H groups in total. The second kappa shape index (κ2) is 26.3. The van der Waals surface area contributed by atoms with Gasteiger partial charge in [-0.1, -0.05) is 55.0 Å². The van der Waals surface area contributed by atoms with Crippen molar-refractivity contribution >= 4 is 75.8 Å². The molecule has 0 saturated carbocycles. The molecule has 0 radical (unpaired) electrons. The van der Waals surface area contributed by atoms with Crippen LogP contribution in [0.25, 0.3) is 10.2 Å². The number of quaternary nitrogens is 1. The predicted octanol–water partition coefficient (Wildman–Crippen LogP) is 9.91. The lowest BCUT2D eigenvalue weighted by atomic mass is 10.2. The van der Waals surface area contributed by atoms with Crippen LogP contribution in [-0.4, -0.2) is 135 Å². The number of thiazole rings is 2. The molecule has 0 aliphatic heterocycles. The Morgan fingerprint density at radius 2 is 1.75 bits per heavy atom. The minimum Gasteiger partial charge on any atom is -0.491 e. The maximum atomic E-state index is 15.2. The van der Waals surface area contributed by atoms with E-state index >= 15 is 4.39 Å². The maximum absolute atomic E-state index is 15.2. The van der Waals surface area contributed by atoms with Crippen molar-refractivity contribution in [1.29, 1.82) is 0 Å². The Kier molecular flexibility index (Phi) is 20.9. The van der Waals surface area contributed by atoms with Gasteiger partial charge in [-0.15, -0.1) is 21.5 Å². The molecular formula is C52H72FN8O8S2Si+. The van der Waals surface area contributed by atoms with E-state index in [0.29, 0.717) is 71.0 Å². The minimum atomic E-state index is -1.28. The van der Waals surface area contributed by atoms with Gasteiger partial charge in [-0.05, 0) is 115 Å². The van der Waals surface area contributed by atoms with Gasteiger partial charge in [0.05, 0.1) is 57.7 Å². The van der Waals surface area contributed by atoms with Gasteiger partial charge in [0, 0.05) is 38.7 Å². The van der Waals surface area contributed by atoms with E-state index in [4.69, 9.17) is 38.8 Å². The number of benzene rings is 2. The number of amides is 1. The molecule has 1 amide bonds. The van der Waals surface area contributed by atoms with Crippen LogP contribution < -0.4 is 14.4 Å². The van der Waals surface area contributed by atoms with E-state index in [1.807, 2.05) is 44.1 Å². The summed E-state index contributed by atoms with van der Waals surface area (Å²) in [4.78, 5) is 52.4. The third-order valence-corrected chi connectivity index (χ3v) is 14.9. The smallest absolute Gasteiger partial charge is 0.410 e. The molecule has 5 aromatic rings. The van der Waals surface area contributed by atoms with Gasteiger partial charge in [0.2, 0.25) is 0 Å². The number of fused-ring (bicyclic) bond motifs is 1. The maximum Gasteiger partial charge on any atom is 0.410 e. The van der Waals surface area contributed by atoms with Crippen molar-refractivity contribution in [2.24, 2.45) is 4.99 Å². The zero-order valence-corrected chi connectivity index (χ0v) is 46.7. The number of carbonyl (C=O) groups is 3. The minimum absolute atomic E-state index is 0.0657. The van der Waals surface area contributed by atoms with E-state index in [1.54, 1.807) is 52.1 Å². The number of rotatable bonds is 24.